The number of nitrogens with zero attached hydrogens (tertiary/aromatic N) is 6. The zero-order chi connectivity index (χ0) is 23.6. The highest BCUT2D eigenvalue weighted by Crippen LogP contribution is 2.11. The summed E-state index contributed by atoms with van der Waals surface area (Å²) in [7, 11) is -7.80. The summed E-state index contributed by atoms with van der Waals surface area (Å²) >= 11 is 0. The molecule has 0 bridgehead atoms. The van der Waals surface area contributed by atoms with Gasteiger partial charge in [0.1, 0.15) is 11.4 Å². The van der Waals surface area contributed by atoms with Gasteiger partial charge in [-0.3, -0.25) is 0 Å². The SMILES string of the molecule is CC[n+]1cn(S(=O)(=O)c2ccccc2)[n+](C[n+]2c[n+](CC)cn2S(=O)(=O)c2ccccc2)c1. The molecule has 2 aromatic carbocycles. The molecule has 0 spiro atoms. The van der Waals surface area contributed by atoms with Crippen LogP contribution in [0.15, 0.2) is 95.8 Å². The van der Waals surface area contributed by atoms with Crippen molar-refractivity contribution in [1.82, 2.24) is 8.17 Å². The highest BCUT2D eigenvalue weighted by molar-refractivity contribution is 7.90. The Morgan fingerprint density at radius 2 is 1.00 bits per heavy atom. The van der Waals surface area contributed by atoms with E-state index >= 15 is 0 Å². The molecule has 33 heavy (non-hydrogen) atoms. The minimum Gasteiger partial charge on any atom is -0.196 e. The molecule has 0 amide bonds. The van der Waals surface area contributed by atoms with Crippen LogP contribution in [0.2, 0.25) is 0 Å². The number of hydrogen-bond acceptors (Lipinski definition) is 4. The smallest absolute Gasteiger partial charge is 0.196 e. The Labute approximate surface area is 192 Å². The third-order valence-corrected chi connectivity index (χ3v) is 8.49. The van der Waals surface area contributed by atoms with Gasteiger partial charge in [0.2, 0.25) is 0 Å². The number of benzene rings is 2. The lowest BCUT2D eigenvalue weighted by Gasteiger charge is -2.00. The quantitative estimate of drug-likeness (QED) is 0.310. The van der Waals surface area contributed by atoms with Gasteiger partial charge in [0.05, 0.1) is 13.7 Å². The molecule has 0 N–H and O–H groups in total. The van der Waals surface area contributed by atoms with E-state index in [0.29, 0.717) is 13.1 Å². The summed E-state index contributed by atoms with van der Waals surface area (Å²) in [6, 6.07) is 16.2. The monoisotopic (exact) mass is 490 g/mol. The van der Waals surface area contributed by atoms with Crippen molar-refractivity contribution >= 4 is 20.0 Å². The summed E-state index contributed by atoms with van der Waals surface area (Å²) in [5.74, 6) is 0. The molecule has 12 heteroatoms. The zero-order valence-electron chi connectivity index (χ0n) is 18.3. The lowest BCUT2D eigenvalue weighted by Crippen LogP contribution is -2.61. The van der Waals surface area contributed by atoms with Gasteiger partial charge in [0.25, 0.3) is 0 Å². The van der Waals surface area contributed by atoms with Gasteiger partial charge in [-0.1, -0.05) is 36.4 Å². The molecular weight excluding hydrogens is 464 g/mol. The van der Waals surface area contributed by atoms with Gasteiger partial charge in [0, 0.05) is 8.77 Å². The molecule has 172 valence electrons. The van der Waals surface area contributed by atoms with Crippen molar-refractivity contribution in [2.24, 2.45) is 0 Å². The summed E-state index contributed by atoms with van der Waals surface area (Å²) in [6.07, 6.45) is 6.23. The van der Waals surface area contributed by atoms with E-state index < -0.39 is 20.0 Å². The minimum absolute atomic E-state index is 0.0574. The van der Waals surface area contributed by atoms with Gasteiger partial charge in [-0.15, -0.1) is 4.57 Å². The average molecular weight is 491 g/mol. The van der Waals surface area contributed by atoms with E-state index in [0.717, 1.165) is 8.17 Å². The normalized spacial score (nSPS) is 12.2. The van der Waals surface area contributed by atoms with E-state index in [1.807, 2.05) is 13.8 Å². The van der Waals surface area contributed by atoms with Crippen LogP contribution in [-0.4, -0.2) is 25.0 Å². The summed E-state index contributed by atoms with van der Waals surface area (Å²) in [5, 5.41) is 0. The molecule has 2 aromatic heterocycles. The third-order valence-electron chi connectivity index (χ3n) is 5.16. The standard InChI is InChI=1S/C21H26N6O4S2/c1-3-22-15-24(26(17-22)32(28,29)20-11-7-5-8-12-20)19-25-16-23(4-2)18-27(25)33(30,31)21-13-9-6-10-14-21/h5-18H,3-4,19H2,1-2H3/q+4. The lowest BCUT2D eigenvalue weighted by molar-refractivity contribution is -0.990. The van der Waals surface area contributed by atoms with Gasteiger partial charge in [-0.05, 0) is 38.1 Å². The Morgan fingerprint density at radius 3 is 1.33 bits per heavy atom. The van der Waals surface area contributed by atoms with Crippen LogP contribution < -0.4 is 18.5 Å². The van der Waals surface area contributed by atoms with Crippen molar-refractivity contribution in [2.45, 2.75) is 43.4 Å². The van der Waals surface area contributed by atoms with Crippen LogP contribution in [0.3, 0.4) is 0 Å². The summed E-state index contributed by atoms with van der Waals surface area (Å²) in [6.45, 7) is 4.81. The Hall–Kier alpha value is -3.38. The van der Waals surface area contributed by atoms with Gasteiger partial charge in [-0.2, -0.15) is 21.4 Å². The van der Waals surface area contributed by atoms with Crippen LogP contribution in [0.5, 0.6) is 0 Å². The highest BCUT2D eigenvalue weighted by atomic mass is 32.2. The van der Waals surface area contributed by atoms with Crippen LogP contribution in [-0.2, 0) is 39.8 Å². The molecule has 0 aliphatic carbocycles. The molecule has 0 saturated heterocycles. The van der Waals surface area contributed by atoms with Crippen LogP contribution in [0.4, 0.5) is 0 Å². The maximum Gasteiger partial charge on any atom is 0.437 e. The molecule has 10 nitrogen and oxygen atoms in total. The second-order valence-corrected chi connectivity index (χ2v) is 10.9. The second kappa shape index (κ2) is 8.87. The fourth-order valence-electron chi connectivity index (χ4n) is 3.36. The van der Waals surface area contributed by atoms with Crippen LogP contribution in [0.1, 0.15) is 13.8 Å². The van der Waals surface area contributed by atoms with Gasteiger partial charge >= 0.3 is 52.0 Å². The van der Waals surface area contributed by atoms with E-state index in [1.54, 1.807) is 58.2 Å². The Kier molecular flexibility index (Phi) is 6.13. The first-order valence-corrected chi connectivity index (χ1v) is 13.3. The Balaban J connectivity index is 1.83. The topological polar surface area (TPSA) is 93.7 Å². The number of hydrogen-bond donors (Lipinski definition) is 0. The van der Waals surface area contributed by atoms with Crippen molar-refractivity contribution in [3.05, 3.63) is 86.0 Å². The van der Waals surface area contributed by atoms with Crippen molar-refractivity contribution in [3.8, 4) is 0 Å². The van der Waals surface area contributed by atoms with E-state index in [4.69, 9.17) is 0 Å². The van der Waals surface area contributed by atoms with E-state index in [9.17, 15) is 16.8 Å². The van der Waals surface area contributed by atoms with E-state index in [1.165, 1.54) is 46.3 Å². The maximum absolute atomic E-state index is 13.3. The predicted octanol–water partition coefficient (Wildman–Crippen LogP) is -0.541. The van der Waals surface area contributed by atoms with Gasteiger partial charge in [-0.25, -0.2) is 0 Å². The average Bonchev–Trinajstić information content (AvgIpc) is 3.45. The Bertz CT molecular complexity index is 1360. The Morgan fingerprint density at radius 1 is 0.636 bits per heavy atom. The molecule has 0 radical (unpaired) electrons. The largest absolute Gasteiger partial charge is 0.437 e. The number of aryl methyl sites for hydroxylation is 2. The molecule has 2 heterocycles. The van der Waals surface area contributed by atoms with Gasteiger partial charge in [0.15, 0.2) is 6.54 Å². The zero-order valence-corrected chi connectivity index (χ0v) is 20.0. The maximum atomic E-state index is 13.3. The second-order valence-electron chi connectivity index (χ2n) is 7.32. The molecule has 0 aliphatic rings. The van der Waals surface area contributed by atoms with Crippen LogP contribution in [0, 0.1) is 0 Å². The first kappa shape index (κ1) is 22.8. The van der Waals surface area contributed by atoms with Crippen LogP contribution >= 0.6 is 0 Å². The van der Waals surface area contributed by atoms with Crippen LogP contribution in [0.25, 0.3) is 0 Å². The molecule has 0 fully saturated rings. The van der Waals surface area contributed by atoms with E-state index in [2.05, 4.69) is 0 Å². The first-order chi connectivity index (χ1) is 15.8. The molecular formula is C21H26N6O4S2+4. The lowest BCUT2D eigenvalue weighted by atomic mass is 10.4. The molecule has 4 aromatic rings. The van der Waals surface area contributed by atoms with Crippen molar-refractivity contribution in [2.75, 3.05) is 0 Å². The first-order valence-electron chi connectivity index (χ1n) is 10.4. The van der Waals surface area contributed by atoms with Crippen molar-refractivity contribution < 1.29 is 35.3 Å². The predicted molar refractivity (Wildman–Crippen MR) is 114 cm³/mol. The summed E-state index contributed by atoms with van der Waals surface area (Å²) in [5.41, 5.74) is 0. The molecule has 0 unspecified atom stereocenters. The molecule has 0 atom stereocenters. The summed E-state index contributed by atoms with van der Waals surface area (Å²) < 4.78 is 61.9. The number of aromatic nitrogens is 6. The summed E-state index contributed by atoms with van der Waals surface area (Å²) in [4.78, 5) is 0.275. The van der Waals surface area contributed by atoms with Gasteiger partial charge < -0.3 is 0 Å². The third kappa shape index (κ3) is 4.31. The van der Waals surface area contributed by atoms with Crippen molar-refractivity contribution in [3.63, 3.8) is 0 Å². The van der Waals surface area contributed by atoms with E-state index in [-0.39, 0.29) is 16.5 Å². The molecule has 0 aliphatic heterocycles. The number of rotatable bonds is 8. The fourth-order valence-corrected chi connectivity index (χ4v) is 6.03. The highest BCUT2D eigenvalue weighted by Gasteiger charge is 2.39. The van der Waals surface area contributed by atoms with Crippen molar-refractivity contribution in [1.29, 1.82) is 0 Å². The molecule has 0 saturated carbocycles. The molecule has 4 rings (SSSR count). The fraction of sp³-hybridized carbons (Fsp3) is 0.238. The minimum atomic E-state index is -3.90.